The first-order chi connectivity index (χ1) is 6.68. The van der Waals surface area contributed by atoms with Crippen molar-refractivity contribution in [3.8, 4) is 5.69 Å². The molecule has 0 unspecified atom stereocenters. The van der Waals surface area contributed by atoms with Gasteiger partial charge in [0.15, 0.2) is 0 Å². The molecule has 0 amide bonds. The third-order valence-electron chi connectivity index (χ3n) is 1.68. The van der Waals surface area contributed by atoms with Gasteiger partial charge in [-0.05, 0) is 15.9 Å². The van der Waals surface area contributed by atoms with Gasteiger partial charge in [-0.25, -0.2) is 4.68 Å². The van der Waals surface area contributed by atoms with Crippen molar-refractivity contribution in [1.29, 1.82) is 0 Å². The molecular formula is C8H6BrClN4. The highest BCUT2D eigenvalue weighted by molar-refractivity contribution is 9.10. The SMILES string of the molecule is Nc1cncc(Br)c1-n1cc(Cl)cn1. The predicted octanol–water partition coefficient (Wildman–Crippen LogP) is 2.27. The monoisotopic (exact) mass is 272 g/mol. The van der Waals surface area contributed by atoms with Crippen LogP contribution in [0.3, 0.4) is 0 Å². The fourth-order valence-corrected chi connectivity index (χ4v) is 1.77. The van der Waals surface area contributed by atoms with Gasteiger partial charge in [-0.2, -0.15) is 5.10 Å². The fourth-order valence-electron chi connectivity index (χ4n) is 1.11. The molecule has 2 N–H and O–H groups in total. The van der Waals surface area contributed by atoms with E-state index >= 15 is 0 Å². The summed E-state index contributed by atoms with van der Waals surface area (Å²) in [5.41, 5.74) is 7.05. The maximum Gasteiger partial charge on any atom is 0.105 e. The van der Waals surface area contributed by atoms with Gasteiger partial charge in [0.25, 0.3) is 0 Å². The largest absolute Gasteiger partial charge is 0.396 e. The van der Waals surface area contributed by atoms with E-state index in [-0.39, 0.29) is 0 Å². The lowest BCUT2D eigenvalue weighted by Gasteiger charge is -2.06. The zero-order valence-corrected chi connectivity index (χ0v) is 9.33. The average molecular weight is 274 g/mol. The van der Waals surface area contributed by atoms with E-state index in [0.29, 0.717) is 10.7 Å². The molecule has 0 aromatic carbocycles. The van der Waals surface area contributed by atoms with E-state index in [1.165, 1.54) is 0 Å². The Kier molecular flexibility index (Phi) is 2.43. The van der Waals surface area contributed by atoms with E-state index in [4.69, 9.17) is 17.3 Å². The number of nitrogens with two attached hydrogens (primary N) is 1. The van der Waals surface area contributed by atoms with Crippen molar-refractivity contribution in [2.75, 3.05) is 5.73 Å². The van der Waals surface area contributed by atoms with Gasteiger partial charge in [-0.15, -0.1) is 0 Å². The Balaban J connectivity index is 2.61. The van der Waals surface area contributed by atoms with Crippen LogP contribution in [0, 0.1) is 0 Å². The topological polar surface area (TPSA) is 56.7 Å². The highest BCUT2D eigenvalue weighted by Crippen LogP contribution is 2.25. The maximum atomic E-state index is 5.77. The lowest BCUT2D eigenvalue weighted by molar-refractivity contribution is 0.875. The third-order valence-corrected chi connectivity index (χ3v) is 2.46. The molecule has 0 aliphatic rings. The number of hydrogen-bond acceptors (Lipinski definition) is 3. The molecule has 0 saturated heterocycles. The molecule has 2 heterocycles. The molecule has 0 radical (unpaired) electrons. The van der Waals surface area contributed by atoms with Crippen molar-refractivity contribution < 1.29 is 0 Å². The fraction of sp³-hybridized carbons (Fsp3) is 0. The van der Waals surface area contributed by atoms with Crippen molar-refractivity contribution in [1.82, 2.24) is 14.8 Å². The summed E-state index contributed by atoms with van der Waals surface area (Å²) in [7, 11) is 0. The van der Waals surface area contributed by atoms with Crippen LogP contribution in [-0.2, 0) is 0 Å². The van der Waals surface area contributed by atoms with Gasteiger partial charge in [0.2, 0.25) is 0 Å². The van der Waals surface area contributed by atoms with Crippen LogP contribution in [0.2, 0.25) is 5.02 Å². The Morgan fingerprint density at radius 1 is 1.36 bits per heavy atom. The van der Waals surface area contributed by atoms with Crippen molar-refractivity contribution in [3.05, 3.63) is 34.3 Å². The molecule has 0 aliphatic carbocycles. The summed E-state index contributed by atoms with van der Waals surface area (Å²) in [6.07, 6.45) is 6.45. The van der Waals surface area contributed by atoms with Crippen LogP contribution in [0.25, 0.3) is 5.69 Å². The predicted molar refractivity (Wildman–Crippen MR) is 58.5 cm³/mol. The number of halogens is 2. The highest BCUT2D eigenvalue weighted by Gasteiger charge is 2.08. The van der Waals surface area contributed by atoms with Crippen molar-refractivity contribution in [3.63, 3.8) is 0 Å². The second kappa shape index (κ2) is 3.59. The molecule has 0 aliphatic heterocycles. The molecule has 0 atom stereocenters. The summed E-state index contributed by atoms with van der Waals surface area (Å²) in [4.78, 5) is 3.93. The Morgan fingerprint density at radius 2 is 2.14 bits per heavy atom. The number of anilines is 1. The first-order valence-corrected chi connectivity index (χ1v) is 4.95. The molecule has 0 saturated carbocycles. The molecule has 72 valence electrons. The third kappa shape index (κ3) is 1.60. The molecule has 2 aromatic rings. The molecule has 4 nitrogen and oxygen atoms in total. The van der Waals surface area contributed by atoms with Crippen molar-refractivity contribution >= 4 is 33.2 Å². The number of hydrogen-bond donors (Lipinski definition) is 1. The number of aromatic nitrogens is 3. The summed E-state index contributed by atoms with van der Waals surface area (Å²) >= 11 is 9.11. The minimum Gasteiger partial charge on any atom is -0.396 e. The summed E-state index contributed by atoms with van der Waals surface area (Å²) in [6, 6.07) is 0. The Bertz CT molecular complexity index is 448. The highest BCUT2D eigenvalue weighted by atomic mass is 79.9. The van der Waals surface area contributed by atoms with Gasteiger partial charge in [-0.3, -0.25) is 4.98 Å². The molecule has 2 aromatic heterocycles. The first kappa shape index (κ1) is 9.48. The Hall–Kier alpha value is -1.07. The van der Waals surface area contributed by atoms with E-state index in [9.17, 15) is 0 Å². The summed E-state index contributed by atoms with van der Waals surface area (Å²) in [5.74, 6) is 0. The summed E-state index contributed by atoms with van der Waals surface area (Å²) < 4.78 is 2.38. The molecule has 6 heteroatoms. The van der Waals surface area contributed by atoms with Gasteiger partial charge in [0.1, 0.15) is 5.69 Å². The minimum absolute atomic E-state index is 0.541. The zero-order chi connectivity index (χ0) is 10.1. The summed E-state index contributed by atoms with van der Waals surface area (Å²) in [6.45, 7) is 0. The van der Waals surface area contributed by atoms with Gasteiger partial charge < -0.3 is 5.73 Å². The minimum atomic E-state index is 0.541. The van der Waals surface area contributed by atoms with Crippen LogP contribution in [0.15, 0.2) is 29.3 Å². The molecule has 14 heavy (non-hydrogen) atoms. The molecule has 0 fully saturated rings. The molecular weight excluding hydrogens is 267 g/mol. The van der Waals surface area contributed by atoms with Gasteiger partial charge in [-0.1, -0.05) is 11.6 Å². The first-order valence-electron chi connectivity index (χ1n) is 3.78. The normalized spacial score (nSPS) is 10.4. The van der Waals surface area contributed by atoms with Crippen LogP contribution >= 0.6 is 27.5 Å². The maximum absolute atomic E-state index is 5.77. The molecule has 0 bridgehead atoms. The van der Waals surface area contributed by atoms with Crippen LogP contribution in [0.4, 0.5) is 5.69 Å². The smallest absolute Gasteiger partial charge is 0.105 e. The quantitative estimate of drug-likeness (QED) is 0.867. The van der Waals surface area contributed by atoms with Crippen molar-refractivity contribution in [2.24, 2.45) is 0 Å². The zero-order valence-electron chi connectivity index (χ0n) is 6.98. The Morgan fingerprint density at radius 3 is 2.71 bits per heavy atom. The summed E-state index contributed by atoms with van der Waals surface area (Å²) in [5, 5.41) is 4.62. The average Bonchev–Trinajstić information content (AvgIpc) is 2.51. The second-order valence-electron chi connectivity index (χ2n) is 2.66. The molecule has 2 rings (SSSR count). The standard InChI is InChI=1S/C8H6BrClN4/c9-6-2-12-3-7(11)8(6)14-4-5(10)1-13-14/h1-4H,11H2. The Labute approximate surface area is 93.8 Å². The van der Waals surface area contributed by atoms with Crippen LogP contribution in [0.5, 0.6) is 0 Å². The lowest BCUT2D eigenvalue weighted by atomic mass is 10.3. The number of pyridine rings is 1. The van der Waals surface area contributed by atoms with E-state index in [1.807, 2.05) is 0 Å². The van der Waals surface area contributed by atoms with Gasteiger partial charge >= 0.3 is 0 Å². The van der Waals surface area contributed by atoms with E-state index in [0.717, 1.165) is 10.2 Å². The van der Waals surface area contributed by atoms with Crippen LogP contribution < -0.4 is 5.73 Å². The van der Waals surface area contributed by atoms with Gasteiger partial charge in [0, 0.05) is 12.4 Å². The second-order valence-corrected chi connectivity index (χ2v) is 3.95. The van der Waals surface area contributed by atoms with Crippen LogP contribution in [-0.4, -0.2) is 14.8 Å². The van der Waals surface area contributed by atoms with Crippen molar-refractivity contribution in [2.45, 2.75) is 0 Å². The van der Waals surface area contributed by atoms with E-state index in [1.54, 1.807) is 29.5 Å². The molecule has 0 spiro atoms. The van der Waals surface area contributed by atoms with Crippen LogP contribution in [0.1, 0.15) is 0 Å². The van der Waals surface area contributed by atoms with E-state index < -0.39 is 0 Å². The van der Waals surface area contributed by atoms with E-state index in [2.05, 4.69) is 26.0 Å². The lowest BCUT2D eigenvalue weighted by Crippen LogP contribution is -2.01. The number of nitrogen functional groups attached to an aromatic ring is 1. The number of rotatable bonds is 1. The van der Waals surface area contributed by atoms with Gasteiger partial charge in [0.05, 0.1) is 27.6 Å². The number of nitrogens with zero attached hydrogens (tertiary/aromatic N) is 3.